The van der Waals surface area contributed by atoms with Crippen LogP contribution in [0.2, 0.25) is 0 Å². The molecule has 7 aromatic rings. The Kier molecular flexibility index (Phi) is 7.31. The van der Waals surface area contributed by atoms with E-state index in [1.165, 1.54) is 55.8 Å². The number of ether oxygens (including phenoxy) is 1. The molecule has 0 N–H and O–H groups in total. The summed E-state index contributed by atoms with van der Waals surface area (Å²) in [5.41, 5.74) is 17.5. The van der Waals surface area contributed by atoms with Gasteiger partial charge in [-0.1, -0.05) is 138 Å². The third kappa shape index (κ3) is 5.34. The van der Waals surface area contributed by atoms with Gasteiger partial charge in [-0.25, -0.2) is 0 Å². The Morgan fingerprint density at radius 2 is 1.12 bits per heavy atom. The lowest BCUT2D eigenvalue weighted by molar-refractivity contribution is 0.479. The van der Waals surface area contributed by atoms with Gasteiger partial charge in [-0.15, -0.1) is 0 Å². The Labute approximate surface area is 338 Å². The van der Waals surface area contributed by atoms with Crippen LogP contribution in [0.15, 0.2) is 108 Å². The maximum absolute atomic E-state index is 7.26. The standard InChI is InChI=1S/C52H53BN2O2/c1-49(2,3)30-17-21-34(22-18-30)54-40-26-31(50(4,5)6)19-23-38(40)53-46-36(25-33(27-41(46)54)52(10,11)12)37-29-44-45(35-15-13-14-16-42(35)56-44)48-47(37)55(53)39-24-20-32(51(7,8)9)28-43(39)57-48/h13-29H,1-12H3. The lowest BCUT2D eigenvalue weighted by Gasteiger charge is -2.48. The number of fused-ring (bicyclic) bond motifs is 10. The molecule has 3 aliphatic rings. The van der Waals surface area contributed by atoms with Gasteiger partial charge in [0.25, 0.3) is 0 Å². The topological polar surface area (TPSA) is 28.9 Å². The van der Waals surface area contributed by atoms with E-state index in [9.17, 15) is 0 Å². The summed E-state index contributed by atoms with van der Waals surface area (Å²) in [6, 6.07) is 39.0. The number of hydrogen-bond acceptors (Lipinski definition) is 4. The maximum atomic E-state index is 7.26. The van der Waals surface area contributed by atoms with E-state index in [4.69, 9.17) is 9.15 Å². The van der Waals surface area contributed by atoms with Gasteiger partial charge in [-0.3, -0.25) is 0 Å². The van der Waals surface area contributed by atoms with E-state index in [2.05, 4.69) is 196 Å². The van der Waals surface area contributed by atoms with E-state index in [1.807, 2.05) is 0 Å². The van der Waals surface area contributed by atoms with Crippen LogP contribution in [0.3, 0.4) is 0 Å². The maximum Gasteiger partial charge on any atom is 0.333 e. The third-order valence-corrected chi connectivity index (χ3v) is 12.6. The van der Waals surface area contributed by atoms with Gasteiger partial charge in [0.15, 0.2) is 5.75 Å². The number of furan rings is 1. The molecule has 0 saturated carbocycles. The van der Waals surface area contributed by atoms with E-state index < -0.39 is 0 Å². The first kappa shape index (κ1) is 36.0. The van der Waals surface area contributed by atoms with Crippen LogP contribution in [-0.4, -0.2) is 6.85 Å². The van der Waals surface area contributed by atoms with Gasteiger partial charge >= 0.3 is 6.85 Å². The van der Waals surface area contributed by atoms with E-state index in [0.29, 0.717) is 0 Å². The van der Waals surface area contributed by atoms with Crippen LogP contribution in [0.25, 0.3) is 33.1 Å². The van der Waals surface area contributed by atoms with Crippen molar-refractivity contribution in [2.24, 2.45) is 0 Å². The molecule has 4 nitrogen and oxygen atoms in total. The van der Waals surface area contributed by atoms with Gasteiger partial charge in [-0.05, 0) is 109 Å². The number of nitrogens with zero attached hydrogens (tertiary/aromatic N) is 2. The molecule has 0 atom stereocenters. The van der Waals surface area contributed by atoms with Crippen molar-refractivity contribution in [1.29, 1.82) is 0 Å². The molecule has 0 saturated heterocycles. The molecule has 6 aromatic carbocycles. The zero-order valence-corrected chi connectivity index (χ0v) is 35.6. The summed E-state index contributed by atoms with van der Waals surface area (Å²) >= 11 is 0. The highest BCUT2D eigenvalue weighted by Crippen LogP contribution is 2.59. The average Bonchev–Trinajstić information content (AvgIpc) is 3.52. The van der Waals surface area contributed by atoms with Crippen molar-refractivity contribution in [3.8, 4) is 22.6 Å². The number of hydrogen-bond donors (Lipinski definition) is 0. The largest absolute Gasteiger partial charge is 0.456 e. The summed E-state index contributed by atoms with van der Waals surface area (Å²) in [6.07, 6.45) is 0. The smallest absolute Gasteiger partial charge is 0.333 e. The highest BCUT2D eigenvalue weighted by molar-refractivity contribution is 6.93. The monoisotopic (exact) mass is 748 g/mol. The van der Waals surface area contributed by atoms with E-state index >= 15 is 0 Å². The molecule has 57 heavy (non-hydrogen) atoms. The van der Waals surface area contributed by atoms with E-state index in [1.54, 1.807) is 0 Å². The van der Waals surface area contributed by atoms with Gasteiger partial charge in [0.2, 0.25) is 0 Å². The Balaban J connectivity index is 1.36. The molecule has 4 heterocycles. The fourth-order valence-electron chi connectivity index (χ4n) is 9.29. The summed E-state index contributed by atoms with van der Waals surface area (Å²) in [5.74, 6) is 1.75. The van der Waals surface area contributed by atoms with Crippen molar-refractivity contribution in [1.82, 2.24) is 0 Å². The summed E-state index contributed by atoms with van der Waals surface area (Å²) in [6.45, 7) is 27.5. The molecule has 1 aromatic heterocycles. The number of anilines is 5. The predicted octanol–water partition coefficient (Wildman–Crippen LogP) is 13.6. The van der Waals surface area contributed by atoms with Crippen molar-refractivity contribution in [2.45, 2.75) is 105 Å². The average molecular weight is 749 g/mol. The number of benzene rings is 6. The number of rotatable bonds is 1. The highest BCUT2D eigenvalue weighted by atomic mass is 16.5. The molecule has 286 valence electrons. The van der Waals surface area contributed by atoms with Crippen molar-refractivity contribution in [3.63, 3.8) is 0 Å². The normalized spacial score (nSPS) is 14.7. The summed E-state index contributed by atoms with van der Waals surface area (Å²) in [4.78, 5) is 5.16. The Hall–Kier alpha value is -5.42. The van der Waals surface area contributed by atoms with Crippen LogP contribution in [0.5, 0.6) is 11.5 Å². The molecule has 0 radical (unpaired) electrons. The van der Waals surface area contributed by atoms with Crippen LogP contribution < -0.4 is 25.4 Å². The van der Waals surface area contributed by atoms with E-state index in [0.717, 1.165) is 50.4 Å². The molecular weight excluding hydrogens is 695 g/mol. The van der Waals surface area contributed by atoms with Crippen LogP contribution >= 0.6 is 0 Å². The third-order valence-electron chi connectivity index (χ3n) is 12.6. The zero-order valence-electron chi connectivity index (χ0n) is 35.6. The molecule has 10 rings (SSSR count). The van der Waals surface area contributed by atoms with Crippen molar-refractivity contribution >= 4 is 68.1 Å². The van der Waals surface area contributed by atoms with Gasteiger partial charge in [0.05, 0.1) is 16.8 Å². The minimum Gasteiger partial charge on any atom is -0.456 e. The SMILES string of the molecule is CC(C)(C)c1ccc(N2c3cc(C(C)(C)C)ccc3B3c4c(cc(C(C)(C)C)cc42)-c2cc4oc5ccccc5c4c4c2N3c2ccc(C(C)(C)C)cc2O4)cc1. The molecule has 0 amide bonds. The van der Waals surface area contributed by atoms with Crippen molar-refractivity contribution < 1.29 is 9.15 Å². The lowest BCUT2D eigenvalue weighted by atomic mass is 9.43. The second-order valence-corrected chi connectivity index (χ2v) is 20.7. The molecule has 0 spiro atoms. The van der Waals surface area contributed by atoms with Gasteiger partial charge in [0, 0.05) is 28.0 Å². The predicted molar refractivity (Wildman–Crippen MR) is 242 cm³/mol. The zero-order chi connectivity index (χ0) is 40.1. The molecular formula is C52H53BN2O2. The number of para-hydroxylation sites is 1. The molecule has 0 unspecified atom stereocenters. The first-order valence-corrected chi connectivity index (χ1v) is 20.6. The van der Waals surface area contributed by atoms with Crippen LogP contribution in [-0.2, 0) is 21.7 Å². The minimum atomic E-state index is -0.108. The molecule has 5 heteroatoms. The van der Waals surface area contributed by atoms with Crippen molar-refractivity contribution in [3.05, 3.63) is 125 Å². The first-order chi connectivity index (χ1) is 26.8. The quantitative estimate of drug-likeness (QED) is 0.156. The fraction of sp³-hybridized carbons (Fsp3) is 0.308. The van der Waals surface area contributed by atoms with Gasteiger partial charge < -0.3 is 18.9 Å². The second-order valence-electron chi connectivity index (χ2n) is 20.7. The summed E-state index contributed by atoms with van der Waals surface area (Å²) in [5, 5.41) is 2.09. The Morgan fingerprint density at radius 1 is 0.509 bits per heavy atom. The second kappa shape index (κ2) is 11.6. The van der Waals surface area contributed by atoms with Crippen molar-refractivity contribution in [2.75, 3.05) is 9.71 Å². The molecule has 0 aliphatic carbocycles. The molecule has 0 bridgehead atoms. The summed E-state index contributed by atoms with van der Waals surface area (Å²) < 4.78 is 14.0. The highest BCUT2D eigenvalue weighted by Gasteiger charge is 2.49. The minimum absolute atomic E-state index is 0.0370. The van der Waals surface area contributed by atoms with Crippen LogP contribution in [0, 0.1) is 0 Å². The van der Waals surface area contributed by atoms with Crippen LogP contribution in [0.1, 0.15) is 105 Å². The van der Waals surface area contributed by atoms with Gasteiger partial charge in [-0.2, -0.15) is 0 Å². The van der Waals surface area contributed by atoms with Gasteiger partial charge in [0.1, 0.15) is 16.9 Å². The first-order valence-electron chi connectivity index (χ1n) is 20.6. The Morgan fingerprint density at radius 3 is 1.81 bits per heavy atom. The fourth-order valence-corrected chi connectivity index (χ4v) is 9.29. The summed E-state index contributed by atoms with van der Waals surface area (Å²) in [7, 11) is 0. The molecule has 0 fully saturated rings. The molecule has 3 aliphatic heterocycles. The van der Waals surface area contributed by atoms with E-state index in [-0.39, 0.29) is 28.5 Å². The Bertz CT molecular complexity index is 2820. The lowest BCUT2D eigenvalue weighted by Crippen LogP contribution is -2.62. The van der Waals surface area contributed by atoms with Crippen LogP contribution in [0.4, 0.5) is 28.4 Å².